The number of carbonyl (C=O) groups is 1. The van der Waals surface area contributed by atoms with Crippen LogP contribution >= 0.6 is 0 Å². The summed E-state index contributed by atoms with van der Waals surface area (Å²) < 4.78 is 5.56. The fraction of sp³-hybridized carbons (Fsp3) is 0.167. The van der Waals surface area contributed by atoms with Crippen molar-refractivity contribution in [3.8, 4) is 0 Å². The van der Waals surface area contributed by atoms with Crippen molar-refractivity contribution in [3.63, 3.8) is 0 Å². The maximum Gasteiger partial charge on any atom is 0.315 e. The molecular formula is C18H15N3O2. The van der Waals surface area contributed by atoms with Crippen molar-refractivity contribution in [1.82, 2.24) is 10.2 Å². The lowest BCUT2D eigenvalue weighted by atomic mass is 10.2. The number of anilines is 1. The molecule has 2 heterocycles. The van der Waals surface area contributed by atoms with Gasteiger partial charge in [0.1, 0.15) is 0 Å². The van der Waals surface area contributed by atoms with Gasteiger partial charge in [-0.1, -0.05) is 48.5 Å². The van der Waals surface area contributed by atoms with E-state index in [-0.39, 0.29) is 11.8 Å². The van der Waals surface area contributed by atoms with Crippen molar-refractivity contribution in [3.05, 3.63) is 77.5 Å². The molecule has 0 saturated carbocycles. The maximum atomic E-state index is 12.6. The van der Waals surface area contributed by atoms with E-state index in [1.54, 1.807) is 4.90 Å². The van der Waals surface area contributed by atoms with Crippen LogP contribution < -0.4 is 4.90 Å². The van der Waals surface area contributed by atoms with Crippen LogP contribution in [-0.2, 0) is 12.8 Å². The largest absolute Gasteiger partial charge is 0.417 e. The first kappa shape index (κ1) is 13.7. The summed E-state index contributed by atoms with van der Waals surface area (Å²) in [4.78, 5) is 14.3. The molecule has 5 heteroatoms. The monoisotopic (exact) mass is 305 g/mol. The summed E-state index contributed by atoms with van der Waals surface area (Å²) in [6.45, 7) is 0.647. The minimum absolute atomic E-state index is 0.0487. The second-order valence-electron chi connectivity index (χ2n) is 5.50. The van der Waals surface area contributed by atoms with Gasteiger partial charge in [-0.2, -0.15) is 0 Å². The predicted molar refractivity (Wildman–Crippen MR) is 85.4 cm³/mol. The topological polar surface area (TPSA) is 59.2 Å². The SMILES string of the molecule is O=C(c1nnc(Cc2ccccc2)o1)N1CCc2ccccc21. The highest BCUT2D eigenvalue weighted by molar-refractivity contribution is 6.04. The first-order valence-electron chi connectivity index (χ1n) is 7.57. The molecule has 0 radical (unpaired) electrons. The molecule has 0 atom stereocenters. The molecule has 1 aliphatic rings. The van der Waals surface area contributed by atoms with Crippen LogP contribution in [0.15, 0.2) is 59.0 Å². The summed E-state index contributed by atoms with van der Waals surface area (Å²) in [7, 11) is 0. The Balaban J connectivity index is 1.54. The Morgan fingerprint density at radius 1 is 1.04 bits per heavy atom. The number of benzene rings is 2. The van der Waals surface area contributed by atoms with Gasteiger partial charge in [0.25, 0.3) is 0 Å². The molecule has 0 spiro atoms. The number of hydrogen-bond donors (Lipinski definition) is 0. The number of amides is 1. The summed E-state index contributed by atoms with van der Waals surface area (Å²) in [6.07, 6.45) is 1.38. The van der Waals surface area contributed by atoms with E-state index >= 15 is 0 Å². The molecule has 1 aliphatic heterocycles. The highest BCUT2D eigenvalue weighted by Gasteiger charge is 2.28. The average molecular weight is 305 g/mol. The third kappa shape index (κ3) is 2.61. The predicted octanol–water partition coefficient (Wildman–Crippen LogP) is 2.86. The molecule has 3 aromatic rings. The van der Waals surface area contributed by atoms with Crippen molar-refractivity contribution in [2.24, 2.45) is 0 Å². The second kappa shape index (κ2) is 5.68. The second-order valence-corrected chi connectivity index (χ2v) is 5.50. The smallest absolute Gasteiger partial charge is 0.315 e. The molecule has 0 unspecified atom stereocenters. The van der Waals surface area contributed by atoms with Gasteiger partial charge >= 0.3 is 11.8 Å². The summed E-state index contributed by atoms with van der Waals surface area (Å²) in [5.74, 6) is 0.265. The van der Waals surface area contributed by atoms with Gasteiger partial charge in [-0.3, -0.25) is 4.79 Å². The number of para-hydroxylation sites is 1. The third-order valence-corrected chi connectivity index (χ3v) is 3.98. The fourth-order valence-electron chi connectivity index (χ4n) is 2.85. The number of fused-ring (bicyclic) bond motifs is 1. The van der Waals surface area contributed by atoms with Crippen LogP contribution in [0.1, 0.15) is 27.7 Å². The van der Waals surface area contributed by atoms with Crippen LogP contribution in [0.3, 0.4) is 0 Å². The number of nitrogens with zero attached hydrogens (tertiary/aromatic N) is 3. The van der Waals surface area contributed by atoms with Crippen molar-refractivity contribution in [2.45, 2.75) is 12.8 Å². The third-order valence-electron chi connectivity index (χ3n) is 3.98. The van der Waals surface area contributed by atoms with E-state index < -0.39 is 0 Å². The molecule has 1 amide bonds. The van der Waals surface area contributed by atoms with Crippen LogP contribution in [0.2, 0.25) is 0 Å². The van der Waals surface area contributed by atoms with Crippen molar-refractivity contribution < 1.29 is 9.21 Å². The molecule has 23 heavy (non-hydrogen) atoms. The van der Waals surface area contributed by atoms with E-state index in [1.165, 1.54) is 5.56 Å². The molecule has 2 aromatic carbocycles. The number of carbonyl (C=O) groups excluding carboxylic acids is 1. The molecule has 0 aliphatic carbocycles. The van der Waals surface area contributed by atoms with Gasteiger partial charge in [-0.25, -0.2) is 0 Å². The van der Waals surface area contributed by atoms with E-state index in [0.29, 0.717) is 18.9 Å². The standard InChI is InChI=1S/C18H15N3O2/c22-18(21-11-10-14-8-4-5-9-15(14)21)17-20-19-16(23-17)12-13-6-2-1-3-7-13/h1-9H,10-12H2. The van der Waals surface area contributed by atoms with Gasteiger partial charge in [0.15, 0.2) is 0 Å². The summed E-state index contributed by atoms with van der Waals surface area (Å²) in [5.41, 5.74) is 3.17. The molecule has 0 saturated heterocycles. The highest BCUT2D eigenvalue weighted by Crippen LogP contribution is 2.28. The van der Waals surface area contributed by atoms with E-state index in [1.807, 2.05) is 54.6 Å². The lowest BCUT2D eigenvalue weighted by Crippen LogP contribution is -2.29. The molecule has 0 N–H and O–H groups in total. The zero-order valence-corrected chi connectivity index (χ0v) is 12.5. The Bertz CT molecular complexity index is 842. The lowest BCUT2D eigenvalue weighted by Gasteiger charge is -2.14. The number of rotatable bonds is 3. The number of aromatic nitrogens is 2. The van der Waals surface area contributed by atoms with Gasteiger partial charge < -0.3 is 9.32 Å². The van der Waals surface area contributed by atoms with Crippen LogP contribution in [0, 0.1) is 0 Å². The van der Waals surface area contributed by atoms with Crippen LogP contribution in [0.4, 0.5) is 5.69 Å². The minimum atomic E-state index is -0.234. The van der Waals surface area contributed by atoms with E-state index in [9.17, 15) is 4.79 Å². The van der Waals surface area contributed by atoms with E-state index in [0.717, 1.165) is 17.7 Å². The Morgan fingerprint density at radius 2 is 1.83 bits per heavy atom. The Morgan fingerprint density at radius 3 is 2.70 bits per heavy atom. The number of hydrogen-bond acceptors (Lipinski definition) is 4. The van der Waals surface area contributed by atoms with Gasteiger partial charge in [0, 0.05) is 12.2 Å². The first-order chi connectivity index (χ1) is 11.3. The van der Waals surface area contributed by atoms with Crippen molar-refractivity contribution in [2.75, 3.05) is 11.4 Å². The van der Waals surface area contributed by atoms with Gasteiger partial charge in [-0.15, -0.1) is 10.2 Å². The van der Waals surface area contributed by atoms with E-state index in [2.05, 4.69) is 10.2 Å². The van der Waals surface area contributed by atoms with Crippen LogP contribution in [-0.4, -0.2) is 22.6 Å². The lowest BCUT2D eigenvalue weighted by molar-refractivity contribution is 0.0954. The molecule has 1 aromatic heterocycles. The van der Waals surface area contributed by atoms with Crippen LogP contribution in [0.5, 0.6) is 0 Å². The van der Waals surface area contributed by atoms with Crippen molar-refractivity contribution >= 4 is 11.6 Å². The zero-order valence-electron chi connectivity index (χ0n) is 12.5. The molecule has 114 valence electrons. The Hall–Kier alpha value is -2.95. The fourth-order valence-corrected chi connectivity index (χ4v) is 2.85. The molecule has 0 bridgehead atoms. The average Bonchev–Trinajstić information content (AvgIpc) is 3.22. The Kier molecular flexibility index (Phi) is 3.38. The molecule has 0 fully saturated rings. The molecule has 4 rings (SSSR count). The summed E-state index contributed by atoms with van der Waals surface area (Å²) in [6, 6.07) is 17.7. The van der Waals surface area contributed by atoms with Crippen LogP contribution in [0.25, 0.3) is 0 Å². The summed E-state index contributed by atoms with van der Waals surface area (Å²) >= 11 is 0. The normalized spacial score (nSPS) is 13.1. The maximum absolute atomic E-state index is 12.6. The Labute approximate surface area is 133 Å². The first-order valence-corrected chi connectivity index (χ1v) is 7.57. The van der Waals surface area contributed by atoms with Gasteiger partial charge in [-0.05, 0) is 23.6 Å². The van der Waals surface area contributed by atoms with Crippen molar-refractivity contribution in [1.29, 1.82) is 0 Å². The van der Waals surface area contributed by atoms with Gasteiger partial charge in [0.2, 0.25) is 5.89 Å². The molecular weight excluding hydrogens is 290 g/mol. The quantitative estimate of drug-likeness (QED) is 0.746. The van der Waals surface area contributed by atoms with Gasteiger partial charge in [0.05, 0.1) is 6.42 Å². The zero-order chi connectivity index (χ0) is 15.6. The van der Waals surface area contributed by atoms with E-state index in [4.69, 9.17) is 4.42 Å². The molecule has 5 nitrogen and oxygen atoms in total. The minimum Gasteiger partial charge on any atom is -0.417 e. The summed E-state index contributed by atoms with van der Waals surface area (Å²) in [5, 5.41) is 7.92. The highest BCUT2D eigenvalue weighted by atomic mass is 16.4.